The molecule has 0 spiro atoms. The van der Waals surface area contributed by atoms with Crippen LogP contribution >= 0.6 is 0 Å². The highest BCUT2D eigenvalue weighted by Crippen LogP contribution is 2.51. The predicted octanol–water partition coefficient (Wildman–Crippen LogP) is 2.24. The highest BCUT2D eigenvalue weighted by molar-refractivity contribution is 5.25. The number of hydrogen-bond acceptors (Lipinski definition) is 3. The molecule has 1 fully saturated rings. The lowest BCUT2D eigenvalue weighted by atomic mass is 10.1. The summed E-state index contributed by atoms with van der Waals surface area (Å²) in [5, 5.41) is 3.27. The van der Waals surface area contributed by atoms with E-state index < -0.39 is 0 Å². The maximum Gasteiger partial charge on any atom is 0.222 e. The van der Waals surface area contributed by atoms with E-state index in [0.717, 1.165) is 24.0 Å². The van der Waals surface area contributed by atoms with Crippen molar-refractivity contribution in [2.24, 2.45) is 11.3 Å². The summed E-state index contributed by atoms with van der Waals surface area (Å²) >= 11 is 0. The van der Waals surface area contributed by atoms with Gasteiger partial charge in [0.15, 0.2) is 0 Å². The van der Waals surface area contributed by atoms with Crippen molar-refractivity contribution in [2.45, 2.75) is 27.2 Å². The molecule has 1 aromatic rings. The van der Waals surface area contributed by atoms with Crippen LogP contribution in [0.3, 0.4) is 0 Å². The summed E-state index contributed by atoms with van der Waals surface area (Å²) in [4.78, 5) is 8.41. The molecule has 1 aromatic heterocycles. The molecule has 3 nitrogen and oxygen atoms in total. The Hall–Kier alpha value is -1.12. The number of aromatic nitrogens is 2. The second kappa shape index (κ2) is 3.23. The minimum absolute atomic E-state index is 0.525. The van der Waals surface area contributed by atoms with Gasteiger partial charge in [0, 0.05) is 18.9 Å². The smallest absolute Gasteiger partial charge is 0.222 e. The SMILES string of the molecule is Cc1cnc(NCC2CC2(C)C)nc1. The Labute approximate surface area is 85.0 Å². The molecule has 0 amide bonds. The Balaban J connectivity index is 1.84. The van der Waals surface area contributed by atoms with Gasteiger partial charge in [-0.15, -0.1) is 0 Å². The van der Waals surface area contributed by atoms with Crippen molar-refractivity contribution in [1.29, 1.82) is 0 Å². The Bertz CT molecular complexity index is 316. The molecule has 1 aliphatic carbocycles. The molecule has 0 bridgehead atoms. The van der Waals surface area contributed by atoms with Crippen molar-refractivity contribution < 1.29 is 0 Å². The molecular weight excluding hydrogens is 174 g/mol. The molecule has 2 rings (SSSR count). The first-order chi connectivity index (χ1) is 6.58. The molecule has 0 aromatic carbocycles. The van der Waals surface area contributed by atoms with Crippen LogP contribution in [0.4, 0.5) is 5.95 Å². The number of aryl methyl sites for hydroxylation is 1. The summed E-state index contributed by atoms with van der Waals surface area (Å²) in [7, 11) is 0. The minimum Gasteiger partial charge on any atom is -0.354 e. The lowest BCUT2D eigenvalue weighted by molar-refractivity contribution is 0.572. The molecule has 1 aliphatic rings. The molecule has 1 saturated carbocycles. The summed E-state index contributed by atoms with van der Waals surface area (Å²) in [6.07, 6.45) is 4.99. The number of hydrogen-bond donors (Lipinski definition) is 1. The zero-order chi connectivity index (χ0) is 10.2. The molecule has 0 aliphatic heterocycles. The summed E-state index contributed by atoms with van der Waals surface area (Å²) in [6, 6.07) is 0. The zero-order valence-corrected chi connectivity index (χ0v) is 9.04. The topological polar surface area (TPSA) is 37.8 Å². The van der Waals surface area contributed by atoms with Crippen molar-refractivity contribution in [1.82, 2.24) is 9.97 Å². The second-order valence-electron chi connectivity index (χ2n) is 4.85. The van der Waals surface area contributed by atoms with Crippen molar-refractivity contribution in [3.8, 4) is 0 Å². The molecule has 3 heteroatoms. The van der Waals surface area contributed by atoms with Crippen LogP contribution in [0.25, 0.3) is 0 Å². The van der Waals surface area contributed by atoms with Gasteiger partial charge in [-0.2, -0.15) is 0 Å². The normalized spacial score (nSPS) is 23.2. The summed E-state index contributed by atoms with van der Waals surface area (Å²) < 4.78 is 0. The summed E-state index contributed by atoms with van der Waals surface area (Å²) in [6.45, 7) is 7.59. The van der Waals surface area contributed by atoms with E-state index in [0.29, 0.717) is 5.41 Å². The van der Waals surface area contributed by atoms with Crippen molar-refractivity contribution in [3.63, 3.8) is 0 Å². The minimum atomic E-state index is 0.525. The number of nitrogens with one attached hydrogen (secondary N) is 1. The number of anilines is 1. The van der Waals surface area contributed by atoms with Crippen LogP contribution in [0.1, 0.15) is 25.8 Å². The third kappa shape index (κ3) is 2.03. The third-order valence-corrected chi connectivity index (χ3v) is 3.01. The average Bonchev–Trinajstić information content (AvgIpc) is 2.73. The van der Waals surface area contributed by atoms with Crippen LogP contribution in [0.15, 0.2) is 12.4 Å². The van der Waals surface area contributed by atoms with Gasteiger partial charge in [-0.05, 0) is 30.2 Å². The average molecular weight is 191 g/mol. The monoisotopic (exact) mass is 191 g/mol. The largest absolute Gasteiger partial charge is 0.354 e. The molecule has 0 radical (unpaired) electrons. The highest BCUT2D eigenvalue weighted by atomic mass is 15.1. The van der Waals surface area contributed by atoms with Crippen molar-refractivity contribution >= 4 is 5.95 Å². The van der Waals surface area contributed by atoms with Crippen LogP contribution in [0, 0.1) is 18.3 Å². The van der Waals surface area contributed by atoms with Gasteiger partial charge < -0.3 is 5.32 Å². The molecule has 14 heavy (non-hydrogen) atoms. The maximum absolute atomic E-state index is 4.20. The quantitative estimate of drug-likeness (QED) is 0.796. The van der Waals surface area contributed by atoms with Gasteiger partial charge in [0.05, 0.1) is 0 Å². The lowest BCUT2D eigenvalue weighted by Crippen LogP contribution is -2.09. The fourth-order valence-corrected chi connectivity index (χ4v) is 1.62. The molecule has 1 unspecified atom stereocenters. The van der Waals surface area contributed by atoms with E-state index >= 15 is 0 Å². The first-order valence-electron chi connectivity index (χ1n) is 5.10. The highest BCUT2D eigenvalue weighted by Gasteiger charge is 2.45. The van der Waals surface area contributed by atoms with Gasteiger partial charge in [-0.1, -0.05) is 13.8 Å². The van der Waals surface area contributed by atoms with Crippen LogP contribution in [0.5, 0.6) is 0 Å². The van der Waals surface area contributed by atoms with E-state index in [4.69, 9.17) is 0 Å². The lowest BCUT2D eigenvalue weighted by Gasteiger charge is -2.05. The Morgan fingerprint density at radius 3 is 2.50 bits per heavy atom. The number of nitrogens with zero attached hydrogens (tertiary/aromatic N) is 2. The standard InChI is InChI=1S/C11H17N3/c1-8-5-12-10(13-6-8)14-7-9-4-11(9,2)3/h5-6,9H,4,7H2,1-3H3,(H,12,13,14). The van der Waals surface area contributed by atoms with Crippen LogP contribution in [0.2, 0.25) is 0 Å². The fraction of sp³-hybridized carbons (Fsp3) is 0.636. The Morgan fingerprint density at radius 1 is 1.43 bits per heavy atom. The van der Waals surface area contributed by atoms with Gasteiger partial charge >= 0.3 is 0 Å². The molecule has 1 heterocycles. The number of rotatable bonds is 3. The summed E-state index contributed by atoms with van der Waals surface area (Å²) in [5.41, 5.74) is 1.62. The molecule has 0 saturated heterocycles. The van der Waals surface area contributed by atoms with E-state index in [9.17, 15) is 0 Å². The van der Waals surface area contributed by atoms with E-state index in [2.05, 4.69) is 29.1 Å². The van der Waals surface area contributed by atoms with Crippen LogP contribution in [-0.4, -0.2) is 16.5 Å². The van der Waals surface area contributed by atoms with Gasteiger partial charge in [0.2, 0.25) is 5.95 Å². The maximum atomic E-state index is 4.20. The first-order valence-corrected chi connectivity index (χ1v) is 5.10. The Kier molecular flexibility index (Phi) is 2.17. The van der Waals surface area contributed by atoms with E-state index in [1.165, 1.54) is 6.42 Å². The van der Waals surface area contributed by atoms with Gasteiger partial charge in [-0.25, -0.2) is 9.97 Å². The molecule has 76 valence electrons. The van der Waals surface area contributed by atoms with Gasteiger partial charge in [0.25, 0.3) is 0 Å². The van der Waals surface area contributed by atoms with E-state index in [1.54, 1.807) is 0 Å². The second-order valence-corrected chi connectivity index (χ2v) is 4.85. The van der Waals surface area contributed by atoms with E-state index in [1.807, 2.05) is 19.3 Å². The van der Waals surface area contributed by atoms with E-state index in [-0.39, 0.29) is 0 Å². The van der Waals surface area contributed by atoms with Crippen LogP contribution in [-0.2, 0) is 0 Å². The molecule has 1 N–H and O–H groups in total. The molecular formula is C11H17N3. The predicted molar refractivity (Wildman–Crippen MR) is 57.1 cm³/mol. The van der Waals surface area contributed by atoms with Gasteiger partial charge in [-0.3, -0.25) is 0 Å². The molecule has 1 atom stereocenters. The van der Waals surface area contributed by atoms with Crippen molar-refractivity contribution in [3.05, 3.63) is 18.0 Å². The summed E-state index contributed by atoms with van der Waals surface area (Å²) in [5.74, 6) is 1.53. The van der Waals surface area contributed by atoms with Crippen molar-refractivity contribution in [2.75, 3.05) is 11.9 Å². The van der Waals surface area contributed by atoms with Crippen LogP contribution < -0.4 is 5.32 Å². The van der Waals surface area contributed by atoms with Gasteiger partial charge in [0.1, 0.15) is 0 Å². The Morgan fingerprint density at radius 2 is 2.00 bits per heavy atom. The first kappa shape index (κ1) is 9.44. The third-order valence-electron chi connectivity index (χ3n) is 3.01. The fourth-order valence-electron chi connectivity index (χ4n) is 1.62. The zero-order valence-electron chi connectivity index (χ0n) is 9.04.